The second-order valence-electron chi connectivity index (χ2n) is 5.34. The maximum atomic E-state index is 11.3. The minimum absolute atomic E-state index is 0. The molecule has 0 saturated carbocycles. The fourth-order valence-corrected chi connectivity index (χ4v) is 3.05. The van der Waals surface area contributed by atoms with Gasteiger partial charge >= 0.3 is 29.6 Å². The van der Waals surface area contributed by atoms with Crippen LogP contribution >= 0.6 is 0 Å². The van der Waals surface area contributed by atoms with Gasteiger partial charge in [-0.1, -0.05) is 64.7 Å². The predicted octanol–water partition coefficient (Wildman–Crippen LogP) is 0.753. The molecule has 124 valence electrons. The summed E-state index contributed by atoms with van der Waals surface area (Å²) in [4.78, 5) is 0. The fraction of sp³-hybridized carbons (Fsp3) is 1.00. The van der Waals surface area contributed by atoms with Crippen molar-refractivity contribution in [1.82, 2.24) is 0 Å². The fourth-order valence-electron chi connectivity index (χ4n) is 2.08. The van der Waals surface area contributed by atoms with Crippen LogP contribution in [0.2, 0.25) is 0 Å². The smallest absolute Gasteiger partial charge is 1.00 e. The third kappa shape index (κ3) is 18.8. The molecule has 0 atom stereocenters. The van der Waals surface area contributed by atoms with Crippen LogP contribution in [-0.4, -0.2) is 32.5 Å². The molecule has 6 heteroatoms. The molecule has 0 fully saturated rings. The van der Waals surface area contributed by atoms with Gasteiger partial charge in [0.25, 0.3) is 10.1 Å². The molecule has 21 heavy (non-hydrogen) atoms. The molecular weight excluding hydrogens is 299 g/mol. The molecule has 0 saturated heterocycles. The molecule has 0 amide bonds. The molecule has 0 heterocycles. The van der Waals surface area contributed by atoms with Gasteiger partial charge < -0.3 is 6.53 Å². The molecule has 0 aliphatic rings. The Hall–Kier alpha value is 0.870. The Bertz CT molecular complexity index is 300. The SMILES string of the molecule is CCCCCCCCCCCCOS(=O)(=O)CCCO.[H-].[Na+]. The number of hydrogen-bond acceptors (Lipinski definition) is 4. The van der Waals surface area contributed by atoms with Gasteiger partial charge in [-0.3, -0.25) is 4.18 Å². The van der Waals surface area contributed by atoms with Crippen molar-refractivity contribution in [3.63, 3.8) is 0 Å². The molecule has 0 rings (SSSR count). The monoisotopic (exact) mass is 332 g/mol. The van der Waals surface area contributed by atoms with Gasteiger partial charge in [0.2, 0.25) is 0 Å². The normalized spacial score (nSPS) is 11.3. The summed E-state index contributed by atoms with van der Waals surface area (Å²) in [6.45, 7) is 2.40. The summed E-state index contributed by atoms with van der Waals surface area (Å²) in [5.74, 6) is -0.0821. The second-order valence-corrected chi connectivity index (χ2v) is 7.10. The molecule has 0 radical (unpaired) electrons. The molecule has 0 unspecified atom stereocenters. The molecule has 0 aromatic rings. The first-order chi connectivity index (χ1) is 9.62. The van der Waals surface area contributed by atoms with Crippen molar-refractivity contribution in [3.8, 4) is 0 Å². The predicted molar refractivity (Wildman–Crippen MR) is 84.4 cm³/mol. The molecule has 0 aromatic carbocycles. The Kier molecular flexibility index (Phi) is 19.8. The molecule has 0 aliphatic heterocycles. The van der Waals surface area contributed by atoms with Crippen LogP contribution in [0.4, 0.5) is 0 Å². The van der Waals surface area contributed by atoms with Gasteiger partial charge in [-0.15, -0.1) is 0 Å². The minimum Gasteiger partial charge on any atom is -1.00 e. The minimum atomic E-state index is -3.41. The first kappa shape index (κ1) is 24.1. The number of aliphatic hydroxyl groups is 1. The molecule has 4 nitrogen and oxygen atoms in total. The van der Waals surface area contributed by atoms with E-state index in [0.29, 0.717) is 0 Å². The van der Waals surface area contributed by atoms with E-state index in [9.17, 15) is 8.42 Å². The summed E-state index contributed by atoms with van der Waals surface area (Å²) in [5, 5.41) is 8.57. The van der Waals surface area contributed by atoms with E-state index in [0.717, 1.165) is 19.3 Å². The Morgan fingerprint density at radius 3 is 1.81 bits per heavy atom. The zero-order valence-corrected chi connectivity index (χ0v) is 16.8. The third-order valence-corrected chi connectivity index (χ3v) is 4.63. The first-order valence-electron chi connectivity index (χ1n) is 8.10. The van der Waals surface area contributed by atoms with Crippen LogP contribution in [0.3, 0.4) is 0 Å². The average molecular weight is 332 g/mol. The quantitative estimate of drug-likeness (QED) is 0.273. The number of rotatable bonds is 15. The third-order valence-electron chi connectivity index (χ3n) is 3.31. The van der Waals surface area contributed by atoms with Crippen LogP contribution in [0.5, 0.6) is 0 Å². The summed E-state index contributed by atoms with van der Waals surface area (Å²) >= 11 is 0. The van der Waals surface area contributed by atoms with Crippen molar-refractivity contribution in [1.29, 1.82) is 0 Å². The largest absolute Gasteiger partial charge is 1.00 e. The van der Waals surface area contributed by atoms with Gasteiger partial charge in [0.1, 0.15) is 0 Å². The number of aliphatic hydroxyl groups excluding tert-OH is 1. The topological polar surface area (TPSA) is 63.6 Å². The van der Waals surface area contributed by atoms with E-state index in [1.54, 1.807) is 0 Å². The van der Waals surface area contributed by atoms with Crippen LogP contribution in [0.15, 0.2) is 0 Å². The van der Waals surface area contributed by atoms with Crippen LogP contribution < -0.4 is 29.6 Å². The van der Waals surface area contributed by atoms with E-state index in [-0.39, 0.29) is 56.4 Å². The molecule has 1 N–H and O–H groups in total. The van der Waals surface area contributed by atoms with E-state index in [1.807, 2.05) is 0 Å². The summed E-state index contributed by atoms with van der Waals surface area (Å²) in [5.41, 5.74) is 0. The van der Waals surface area contributed by atoms with Crippen molar-refractivity contribution in [3.05, 3.63) is 0 Å². The van der Waals surface area contributed by atoms with Gasteiger partial charge in [0.05, 0.1) is 12.4 Å². The van der Waals surface area contributed by atoms with Crippen LogP contribution in [-0.2, 0) is 14.3 Å². The summed E-state index contributed by atoms with van der Waals surface area (Å²) < 4.78 is 27.5. The maximum absolute atomic E-state index is 11.3. The van der Waals surface area contributed by atoms with Gasteiger partial charge in [0, 0.05) is 6.61 Å². The zero-order valence-electron chi connectivity index (χ0n) is 15.0. The summed E-state index contributed by atoms with van der Waals surface area (Å²) in [7, 11) is -3.41. The molecule has 0 aliphatic carbocycles. The molecule has 0 spiro atoms. The number of hydrogen-bond donors (Lipinski definition) is 1. The summed E-state index contributed by atoms with van der Waals surface area (Å²) in [6, 6.07) is 0. The Morgan fingerprint density at radius 2 is 1.33 bits per heavy atom. The summed E-state index contributed by atoms with van der Waals surface area (Å²) in [6.07, 6.45) is 12.4. The van der Waals surface area contributed by atoms with Crippen molar-refractivity contribution < 1.29 is 48.7 Å². The molecular formula is C15H33NaO4S. The Labute approximate surface area is 154 Å². The average Bonchev–Trinajstić information content (AvgIpc) is 2.42. The van der Waals surface area contributed by atoms with E-state index in [1.165, 1.54) is 44.9 Å². The van der Waals surface area contributed by atoms with Gasteiger partial charge in [-0.05, 0) is 12.8 Å². The van der Waals surface area contributed by atoms with Gasteiger partial charge in [-0.2, -0.15) is 8.42 Å². The van der Waals surface area contributed by atoms with Gasteiger partial charge in [-0.25, -0.2) is 0 Å². The second kappa shape index (κ2) is 17.2. The van der Waals surface area contributed by atoms with E-state index >= 15 is 0 Å². The van der Waals surface area contributed by atoms with E-state index < -0.39 is 10.1 Å². The van der Waals surface area contributed by atoms with Crippen molar-refractivity contribution >= 4 is 10.1 Å². The molecule has 0 aromatic heterocycles. The van der Waals surface area contributed by atoms with E-state index in [2.05, 4.69) is 6.92 Å². The van der Waals surface area contributed by atoms with Crippen LogP contribution in [0.1, 0.15) is 79.0 Å². The van der Waals surface area contributed by atoms with Gasteiger partial charge in [0.15, 0.2) is 0 Å². The maximum Gasteiger partial charge on any atom is 1.00 e. The number of unbranched alkanes of at least 4 members (excludes halogenated alkanes) is 9. The van der Waals surface area contributed by atoms with Crippen molar-refractivity contribution in [2.24, 2.45) is 0 Å². The van der Waals surface area contributed by atoms with Crippen molar-refractivity contribution in [2.45, 2.75) is 77.6 Å². The standard InChI is InChI=1S/C15H32O4S.Na.H/c1-2-3-4-5-6-7-8-9-10-11-14-19-20(17,18)15-12-13-16;;/h16H,2-15H2,1H3;;/q;+1;-1. The molecule has 0 bridgehead atoms. The zero-order chi connectivity index (χ0) is 15.1. The Morgan fingerprint density at radius 1 is 0.857 bits per heavy atom. The van der Waals surface area contributed by atoms with Crippen molar-refractivity contribution in [2.75, 3.05) is 19.0 Å². The van der Waals surface area contributed by atoms with Crippen LogP contribution in [0, 0.1) is 0 Å². The first-order valence-corrected chi connectivity index (χ1v) is 9.68. The van der Waals surface area contributed by atoms with E-state index in [4.69, 9.17) is 9.29 Å². The Balaban J connectivity index is -0.00000180. The van der Waals surface area contributed by atoms with Crippen LogP contribution in [0.25, 0.3) is 0 Å².